The topological polar surface area (TPSA) is 58.4 Å². The van der Waals surface area contributed by atoms with Crippen LogP contribution in [0.25, 0.3) is 0 Å². The summed E-state index contributed by atoms with van der Waals surface area (Å²) in [4.78, 5) is 13.2. The van der Waals surface area contributed by atoms with Gasteiger partial charge in [-0.3, -0.25) is 4.79 Å². The van der Waals surface area contributed by atoms with E-state index in [1.807, 2.05) is 6.92 Å². The molecule has 0 aromatic heterocycles. The Kier molecular flexibility index (Phi) is 5.22. The number of hydrogen-bond donors (Lipinski definition) is 2. The Morgan fingerprint density at radius 2 is 2.22 bits per heavy atom. The molecule has 0 aliphatic carbocycles. The van der Waals surface area contributed by atoms with Gasteiger partial charge in [0.2, 0.25) is 5.91 Å². The third kappa shape index (κ3) is 3.50. The maximum atomic E-state index is 13.2. The van der Waals surface area contributed by atoms with E-state index in [-0.39, 0.29) is 23.2 Å². The molecule has 0 spiro atoms. The fourth-order valence-electron chi connectivity index (χ4n) is 1.63. The molecule has 1 aromatic carbocycles. The van der Waals surface area contributed by atoms with Crippen molar-refractivity contribution >= 4 is 28.9 Å². The van der Waals surface area contributed by atoms with Crippen molar-refractivity contribution in [2.45, 2.75) is 13.3 Å². The van der Waals surface area contributed by atoms with Crippen molar-refractivity contribution in [2.24, 2.45) is 0 Å². The Labute approximate surface area is 111 Å². The smallest absolute Gasteiger partial charge is 0.239 e. The largest absolute Gasteiger partial charge is 0.397 e. The Morgan fingerprint density at radius 1 is 1.56 bits per heavy atom. The lowest BCUT2D eigenvalue weighted by Gasteiger charge is -2.25. The molecule has 0 saturated heterocycles. The summed E-state index contributed by atoms with van der Waals surface area (Å²) in [6, 6.07) is 2.62. The van der Waals surface area contributed by atoms with E-state index in [1.165, 1.54) is 12.1 Å². The summed E-state index contributed by atoms with van der Waals surface area (Å²) in [6.07, 6.45) is 0.839. The van der Waals surface area contributed by atoms with Gasteiger partial charge in [-0.15, -0.1) is 0 Å². The molecule has 0 aliphatic rings. The second-order valence-corrected chi connectivity index (χ2v) is 4.33. The number of carbonyl (C=O) groups excluding carboxylic acids is 1. The zero-order chi connectivity index (χ0) is 13.7. The first-order chi connectivity index (χ1) is 8.49. The van der Waals surface area contributed by atoms with E-state index in [4.69, 9.17) is 17.3 Å². The Morgan fingerprint density at radius 3 is 2.78 bits per heavy atom. The SMILES string of the molecule is CCCN(CC(=O)NC)c1cc(Cl)c(F)cc1N. The van der Waals surface area contributed by atoms with Crippen LogP contribution in [0.3, 0.4) is 0 Å². The van der Waals surface area contributed by atoms with Gasteiger partial charge in [-0.05, 0) is 12.5 Å². The lowest BCUT2D eigenvalue weighted by atomic mass is 10.2. The quantitative estimate of drug-likeness (QED) is 0.807. The first-order valence-corrected chi connectivity index (χ1v) is 6.07. The normalized spacial score (nSPS) is 10.2. The van der Waals surface area contributed by atoms with E-state index >= 15 is 0 Å². The maximum Gasteiger partial charge on any atom is 0.239 e. The summed E-state index contributed by atoms with van der Waals surface area (Å²) in [6.45, 7) is 2.79. The third-order valence-corrected chi connectivity index (χ3v) is 2.81. The number of nitrogen functional groups attached to an aromatic ring is 1. The maximum absolute atomic E-state index is 13.2. The van der Waals surface area contributed by atoms with Crippen LogP contribution in [0.2, 0.25) is 5.02 Å². The highest BCUT2D eigenvalue weighted by Gasteiger charge is 2.15. The molecule has 4 nitrogen and oxygen atoms in total. The number of carbonyl (C=O) groups is 1. The number of hydrogen-bond acceptors (Lipinski definition) is 3. The number of nitrogens with zero attached hydrogens (tertiary/aromatic N) is 1. The average molecular weight is 274 g/mol. The van der Waals surface area contributed by atoms with Crippen LogP contribution in [0.15, 0.2) is 12.1 Å². The van der Waals surface area contributed by atoms with Crippen LogP contribution in [-0.4, -0.2) is 26.0 Å². The summed E-state index contributed by atoms with van der Waals surface area (Å²) in [7, 11) is 1.56. The van der Waals surface area contributed by atoms with E-state index in [9.17, 15) is 9.18 Å². The summed E-state index contributed by atoms with van der Waals surface area (Å²) in [5.41, 5.74) is 6.61. The number of nitrogens with two attached hydrogens (primary N) is 1. The highest BCUT2D eigenvalue weighted by Crippen LogP contribution is 2.29. The number of halogens is 2. The van der Waals surface area contributed by atoms with Gasteiger partial charge in [-0.2, -0.15) is 0 Å². The highest BCUT2D eigenvalue weighted by molar-refractivity contribution is 6.31. The molecule has 0 heterocycles. The number of amides is 1. The van der Waals surface area contributed by atoms with E-state index < -0.39 is 5.82 Å². The van der Waals surface area contributed by atoms with Crippen molar-refractivity contribution in [2.75, 3.05) is 30.8 Å². The molecule has 0 bridgehead atoms. The van der Waals surface area contributed by atoms with E-state index in [1.54, 1.807) is 11.9 Å². The van der Waals surface area contributed by atoms with Crippen LogP contribution in [0.5, 0.6) is 0 Å². The monoisotopic (exact) mass is 273 g/mol. The van der Waals surface area contributed by atoms with Gasteiger partial charge in [0.25, 0.3) is 0 Å². The van der Waals surface area contributed by atoms with Crippen molar-refractivity contribution in [3.8, 4) is 0 Å². The third-order valence-electron chi connectivity index (χ3n) is 2.52. The molecule has 1 rings (SSSR count). The van der Waals surface area contributed by atoms with Crippen molar-refractivity contribution < 1.29 is 9.18 Å². The fraction of sp³-hybridized carbons (Fsp3) is 0.417. The zero-order valence-corrected chi connectivity index (χ0v) is 11.2. The van der Waals surface area contributed by atoms with E-state index in [2.05, 4.69) is 5.32 Å². The fourth-order valence-corrected chi connectivity index (χ4v) is 1.79. The van der Waals surface area contributed by atoms with Crippen LogP contribution in [0.1, 0.15) is 13.3 Å². The molecule has 0 aliphatic heterocycles. The Bertz CT molecular complexity index is 440. The molecule has 6 heteroatoms. The number of nitrogens with one attached hydrogen (secondary N) is 1. The summed E-state index contributed by atoms with van der Waals surface area (Å²) in [5, 5.41) is 2.54. The molecule has 0 fully saturated rings. The molecule has 0 radical (unpaired) electrons. The first-order valence-electron chi connectivity index (χ1n) is 5.69. The van der Waals surface area contributed by atoms with Crippen molar-refractivity contribution in [3.63, 3.8) is 0 Å². The van der Waals surface area contributed by atoms with Gasteiger partial charge in [0.05, 0.1) is 22.9 Å². The van der Waals surface area contributed by atoms with Gasteiger partial charge in [-0.25, -0.2) is 4.39 Å². The summed E-state index contributed by atoms with van der Waals surface area (Å²) >= 11 is 5.74. The molecule has 0 atom stereocenters. The van der Waals surface area contributed by atoms with Crippen LogP contribution in [-0.2, 0) is 4.79 Å². The van der Waals surface area contributed by atoms with Crippen molar-refractivity contribution in [1.82, 2.24) is 5.32 Å². The van der Waals surface area contributed by atoms with Gasteiger partial charge in [0.15, 0.2) is 0 Å². The second-order valence-electron chi connectivity index (χ2n) is 3.92. The molecule has 0 unspecified atom stereocenters. The first kappa shape index (κ1) is 14.6. The molecule has 1 amide bonds. The lowest BCUT2D eigenvalue weighted by molar-refractivity contribution is -0.119. The minimum atomic E-state index is -0.561. The van der Waals surface area contributed by atoms with Crippen molar-refractivity contribution in [3.05, 3.63) is 23.0 Å². The van der Waals surface area contributed by atoms with Crippen molar-refractivity contribution in [1.29, 1.82) is 0 Å². The van der Waals surface area contributed by atoms with E-state index in [0.717, 1.165) is 6.42 Å². The number of anilines is 2. The highest BCUT2D eigenvalue weighted by atomic mass is 35.5. The zero-order valence-electron chi connectivity index (χ0n) is 10.5. The molecular formula is C12H17ClFN3O. The molecule has 3 N–H and O–H groups in total. The van der Waals surface area contributed by atoms with Gasteiger partial charge in [0.1, 0.15) is 5.82 Å². The minimum Gasteiger partial charge on any atom is -0.397 e. The van der Waals surface area contributed by atoms with Gasteiger partial charge in [0, 0.05) is 19.7 Å². The Balaban J connectivity index is 3.05. The molecular weight excluding hydrogens is 257 g/mol. The Hall–Kier alpha value is -1.49. The van der Waals surface area contributed by atoms with Gasteiger partial charge < -0.3 is 16.0 Å². The van der Waals surface area contributed by atoms with Crippen LogP contribution >= 0.6 is 11.6 Å². The van der Waals surface area contributed by atoms with Gasteiger partial charge >= 0.3 is 0 Å². The molecule has 100 valence electrons. The summed E-state index contributed by atoms with van der Waals surface area (Å²) < 4.78 is 13.2. The minimum absolute atomic E-state index is 0.00258. The molecule has 1 aromatic rings. The molecule has 18 heavy (non-hydrogen) atoms. The van der Waals surface area contributed by atoms with Gasteiger partial charge in [-0.1, -0.05) is 18.5 Å². The number of likely N-dealkylation sites (N-methyl/N-ethyl adjacent to an activating group) is 1. The lowest BCUT2D eigenvalue weighted by Crippen LogP contribution is -2.36. The number of rotatable bonds is 5. The van der Waals surface area contributed by atoms with Crippen LogP contribution in [0, 0.1) is 5.82 Å². The van der Waals surface area contributed by atoms with Crippen LogP contribution < -0.4 is 16.0 Å². The predicted octanol–water partition coefficient (Wildman–Crippen LogP) is 2.02. The predicted molar refractivity (Wildman–Crippen MR) is 72.4 cm³/mol. The average Bonchev–Trinajstić information content (AvgIpc) is 2.33. The van der Waals surface area contributed by atoms with E-state index in [0.29, 0.717) is 12.2 Å². The molecule has 0 saturated carbocycles. The second kappa shape index (κ2) is 6.44. The van der Waals surface area contributed by atoms with Crippen LogP contribution in [0.4, 0.5) is 15.8 Å². The summed E-state index contributed by atoms with van der Waals surface area (Å²) in [5.74, 6) is -0.697. The standard InChI is InChI=1S/C12H17ClFN3O/c1-3-4-17(7-12(18)16-2)11-5-8(13)9(14)6-10(11)15/h5-6H,3-4,7,15H2,1-2H3,(H,16,18). The number of benzene rings is 1.